The molecule has 6 heterocycles. The molecule has 3 aromatic carbocycles. The number of benzene rings is 3. The molecule has 4 aliphatic rings. The summed E-state index contributed by atoms with van der Waals surface area (Å²) >= 11 is 0. The highest BCUT2D eigenvalue weighted by molar-refractivity contribution is 6.07. The van der Waals surface area contributed by atoms with Crippen molar-refractivity contribution >= 4 is 45.8 Å². The second-order valence-electron chi connectivity index (χ2n) is 17.7. The zero-order chi connectivity index (χ0) is 45.5. The first-order valence-corrected chi connectivity index (χ1v) is 22.7. The van der Waals surface area contributed by atoms with E-state index in [2.05, 4.69) is 57.0 Å². The Bertz CT molecular complexity index is 2600. The van der Waals surface area contributed by atoms with Gasteiger partial charge >= 0.3 is 12.2 Å². The van der Waals surface area contributed by atoms with E-state index < -0.39 is 30.4 Å². The summed E-state index contributed by atoms with van der Waals surface area (Å²) in [4.78, 5) is 73.9. The molecule has 9 rings (SSSR count). The van der Waals surface area contributed by atoms with E-state index in [1.807, 2.05) is 42.8 Å². The fourth-order valence-electron chi connectivity index (χ4n) is 10.5. The number of likely N-dealkylation sites (tertiary alicyclic amines) is 2. The number of carbonyl (C=O) groups is 4. The zero-order valence-corrected chi connectivity index (χ0v) is 37.8. The third kappa shape index (κ3) is 8.24. The predicted octanol–water partition coefficient (Wildman–Crippen LogP) is 7.07. The van der Waals surface area contributed by atoms with Crippen LogP contribution in [0, 0.1) is 5.92 Å². The summed E-state index contributed by atoms with van der Waals surface area (Å²) in [6.07, 6.45) is 4.89. The Labute approximate surface area is 377 Å². The zero-order valence-electron chi connectivity index (χ0n) is 37.8. The molecule has 0 bridgehead atoms. The molecule has 4 aliphatic heterocycles. The van der Waals surface area contributed by atoms with Gasteiger partial charge in [-0.15, -0.1) is 0 Å². The number of ether oxygens (including phenoxy) is 5. The van der Waals surface area contributed by atoms with Crippen LogP contribution in [0.3, 0.4) is 0 Å². The molecule has 65 heavy (non-hydrogen) atoms. The standard InChI is InChI=1S/C48H58N8O9/c1-7-38(61-4)42(54-48(60)63-6)46(58)56-26(3)9-15-37(56)44-50-34-13-11-28-21-33-31-12-10-29(20-30(31)24-65-39(33)22-32(28)41(34)52-44)35-23-49-43(51-35)36-14-8-25(2)55(36)45(57)40(53-47(59)62-5)27-16-18-64-19-17-27/h10-13,20-23,25-27,36-38,40,42H,7-9,14-19,24H2,1-6H3,(H,49,51)(H,50,52)(H,53,59)(H,54,60)/t25-,26-,36-,37-,38+,40-,42-/m0/s1. The van der Waals surface area contributed by atoms with Crippen molar-refractivity contribution in [3.63, 3.8) is 0 Å². The monoisotopic (exact) mass is 890 g/mol. The van der Waals surface area contributed by atoms with E-state index in [1.54, 1.807) is 0 Å². The van der Waals surface area contributed by atoms with Crippen molar-refractivity contribution in [2.75, 3.05) is 34.5 Å². The number of aromatic amines is 2. The molecule has 3 fully saturated rings. The first-order valence-electron chi connectivity index (χ1n) is 22.7. The van der Waals surface area contributed by atoms with Crippen LogP contribution in [0.1, 0.15) is 95.0 Å². The quantitative estimate of drug-likeness (QED) is 0.106. The predicted molar refractivity (Wildman–Crippen MR) is 241 cm³/mol. The Morgan fingerprint density at radius 3 is 2.23 bits per heavy atom. The summed E-state index contributed by atoms with van der Waals surface area (Å²) in [6.45, 7) is 7.43. The van der Waals surface area contributed by atoms with E-state index in [0.29, 0.717) is 57.2 Å². The van der Waals surface area contributed by atoms with Gasteiger partial charge < -0.3 is 54.1 Å². The van der Waals surface area contributed by atoms with E-state index in [4.69, 9.17) is 33.7 Å². The van der Waals surface area contributed by atoms with Gasteiger partial charge in [0.2, 0.25) is 11.8 Å². The highest BCUT2D eigenvalue weighted by atomic mass is 16.5. The molecule has 4 amide bonds. The van der Waals surface area contributed by atoms with Crippen molar-refractivity contribution < 1.29 is 42.9 Å². The van der Waals surface area contributed by atoms with Gasteiger partial charge in [-0.3, -0.25) is 9.59 Å². The first-order chi connectivity index (χ1) is 31.5. The lowest BCUT2D eigenvalue weighted by Gasteiger charge is -2.36. The Kier molecular flexibility index (Phi) is 12.4. The molecule has 7 atom stereocenters. The van der Waals surface area contributed by atoms with Crippen LogP contribution in [-0.2, 0) is 35.1 Å². The molecule has 0 spiro atoms. The van der Waals surface area contributed by atoms with Crippen molar-refractivity contribution in [1.29, 1.82) is 0 Å². The SMILES string of the molecule is CC[C@@H](OC)[C@H](NC(=O)OC)C(=O)N1[C@@H](C)CC[C@H]1c1nc2ccc3cc4c(cc3c2[nH]1)OCc1cc(-c2cnc([C@@H]3CC[C@H](C)N3C(=O)[C@@H](NC(=O)OC)C3CCOCC3)[nH]2)ccc1-4. The van der Waals surface area contributed by atoms with Crippen molar-refractivity contribution in [3.05, 3.63) is 65.9 Å². The Morgan fingerprint density at radius 1 is 0.815 bits per heavy atom. The molecular weight excluding hydrogens is 833 g/mol. The van der Waals surface area contributed by atoms with Crippen LogP contribution in [0.4, 0.5) is 9.59 Å². The second kappa shape index (κ2) is 18.4. The number of imidazole rings is 2. The number of hydrogen-bond acceptors (Lipinski definition) is 11. The highest BCUT2D eigenvalue weighted by Gasteiger charge is 2.44. The normalized spacial score (nSPS) is 22.2. The number of aromatic nitrogens is 4. The Balaban J connectivity index is 0.961. The van der Waals surface area contributed by atoms with Crippen LogP contribution in [0.15, 0.2) is 48.7 Å². The fraction of sp³-hybridized carbons (Fsp3) is 0.500. The number of methoxy groups -OCH3 is 3. The molecule has 0 radical (unpaired) electrons. The number of nitrogens with zero attached hydrogens (tertiary/aromatic N) is 4. The van der Waals surface area contributed by atoms with Gasteiger partial charge in [-0.05, 0) is 111 Å². The van der Waals surface area contributed by atoms with Gasteiger partial charge in [-0.2, -0.15) is 0 Å². The summed E-state index contributed by atoms with van der Waals surface area (Å²) in [5.41, 5.74) is 6.52. The number of fused-ring (bicyclic) bond motifs is 6. The molecule has 0 aliphatic carbocycles. The van der Waals surface area contributed by atoms with E-state index in [-0.39, 0.29) is 41.9 Å². The van der Waals surface area contributed by atoms with Gasteiger partial charge in [0.1, 0.15) is 36.1 Å². The van der Waals surface area contributed by atoms with Crippen LogP contribution in [0.5, 0.6) is 5.75 Å². The molecule has 2 aromatic heterocycles. The second-order valence-corrected chi connectivity index (χ2v) is 17.7. The molecule has 344 valence electrons. The lowest BCUT2D eigenvalue weighted by atomic mass is 9.90. The van der Waals surface area contributed by atoms with Gasteiger partial charge in [0, 0.05) is 43.4 Å². The lowest BCUT2D eigenvalue weighted by molar-refractivity contribution is -0.140. The lowest BCUT2D eigenvalue weighted by Crippen LogP contribution is -2.55. The maximum atomic E-state index is 14.3. The van der Waals surface area contributed by atoms with Crippen molar-refractivity contribution in [1.82, 2.24) is 40.4 Å². The van der Waals surface area contributed by atoms with Gasteiger partial charge in [0.15, 0.2) is 0 Å². The average Bonchev–Trinajstić information content (AvgIpc) is 4.15. The molecular formula is C48H58N8O9. The van der Waals surface area contributed by atoms with Crippen molar-refractivity contribution in [2.24, 2.45) is 5.92 Å². The Morgan fingerprint density at radius 2 is 1.52 bits per heavy atom. The number of H-pyrrole nitrogens is 2. The minimum atomic E-state index is -0.922. The van der Waals surface area contributed by atoms with E-state index in [9.17, 15) is 19.2 Å². The topological polar surface area (TPSA) is 202 Å². The van der Waals surface area contributed by atoms with Crippen LogP contribution in [0.2, 0.25) is 0 Å². The summed E-state index contributed by atoms with van der Waals surface area (Å²) in [5.74, 6) is 1.73. The summed E-state index contributed by atoms with van der Waals surface area (Å²) in [5, 5.41) is 7.53. The van der Waals surface area contributed by atoms with Crippen LogP contribution >= 0.6 is 0 Å². The Hall–Kier alpha value is -6.20. The maximum Gasteiger partial charge on any atom is 0.407 e. The smallest absolute Gasteiger partial charge is 0.407 e. The van der Waals surface area contributed by atoms with Gasteiger partial charge in [-0.1, -0.05) is 25.1 Å². The van der Waals surface area contributed by atoms with E-state index >= 15 is 0 Å². The van der Waals surface area contributed by atoms with Gasteiger partial charge in [0.05, 0.1) is 55.3 Å². The third-order valence-electron chi connectivity index (χ3n) is 14.0. The molecule has 5 aromatic rings. The summed E-state index contributed by atoms with van der Waals surface area (Å²) < 4.78 is 27.4. The molecule has 17 nitrogen and oxygen atoms in total. The third-order valence-corrected chi connectivity index (χ3v) is 14.0. The van der Waals surface area contributed by atoms with Crippen LogP contribution < -0.4 is 15.4 Å². The number of nitrogens with one attached hydrogen (secondary N) is 4. The minimum absolute atomic E-state index is 0.0326. The van der Waals surface area contributed by atoms with Crippen molar-refractivity contribution in [3.8, 4) is 28.1 Å². The average molecular weight is 891 g/mol. The summed E-state index contributed by atoms with van der Waals surface area (Å²) in [7, 11) is 4.12. The van der Waals surface area contributed by atoms with E-state index in [1.165, 1.54) is 21.3 Å². The number of amides is 4. The van der Waals surface area contributed by atoms with Crippen LogP contribution in [-0.4, -0.2) is 119 Å². The van der Waals surface area contributed by atoms with Crippen molar-refractivity contribution in [2.45, 2.75) is 115 Å². The minimum Gasteiger partial charge on any atom is -0.488 e. The summed E-state index contributed by atoms with van der Waals surface area (Å²) in [6, 6.07) is 12.3. The van der Waals surface area contributed by atoms with Gasteiger partial charge in [-0.25, -0.2) is 19.6 Å². The molecule has 0 saturated carbocycles. The molecule has 17 heteroatoms. The highest BCUT2D eigenvalue weighted by Crippen LogP contribution is 2.44. The molecule has 0 unspecified atom stereocenters. The van der Waals surface area contributed by atoms with Gasteiger partial charge in [0.25, 0.3) is 0 Å². The van der Waals surface area contributed by atoms with Crippen LogP contribution in [0.25, 0.3) is 44.2 Å². The first kappa shape index (κ1) is 44.0. The number of alkyl carbamates (subject to hydrolysis) is 2. The number of rotatable bonds is 11. The largest absolute Gasteiger partial charge is 0.488 e. The molecule has 3 saturated heterocycles. The molecule has 4 N–H and O–H groups in total. The number of hydrogen-bond donors (Lipinski definition) is 4. The maximum absolute atomic E-state index is 14.3. The fourth-order valence-corrected chi connectivity index (χ4v) is 10.5. The number of carbonyl (C=O) groups excluding carboxylic acids is 4. The van der Waals surface area contributed by atoms with E-state index in [0.717, 1.165) is 74.8 Å².